The molecule has 1 N–H and O–H groups in total. The summed E-state index contributed by atoms with van der Waals surface area (Å²) in [6.07, 6.45) is 2.95. The number of hydrogen-bond acceptors (Lipinski definition) is 2. The van der Waals surface area contributed by atoms with Crippen LogP contribution in [0, 0.1) is 11.8 Å². The molecule has 2 aliphatic rings. The first-order chi connectivity index (χ1) is 5.84. The molecule has 2 rings (SSSR count). The Morgan fingerprint density at radius 2 is 1.92 bits per heavy atom. The van der Waals surface area contributed by atoms with Gasteiger partial charge in [0, 0.05) is 32.7 Å². The Hall–Kier alpha value is -0.0800. The fourth-order valence-corrected chi connectivity index (χ4v) is 2.48. The lowest BCUT2D eigenvalue weighted by Gasteiger charge is -2.38. The molecule has 70 valence electrons. The Morgan fingerprint density at radius 1 is 1.25 bits per heavy atom. The Morgan fingerprint density at radius 3 is 2.50 bits per heavy atom. The highest BCUT2D eigenvalue weighted by Crippen LogP contribution is 2.33. The molecule has 0 aromatic rings. The van der Waals surface area contributed by atoms with Gasteiger partial charge in [-0.3, -0.25) is 0 Å². The van der Waals surface area contributed by atoms with E-state index in [9.17, 15) is 0 Å². The van der Waals surface area contributed by atoms with Crippen molar-refractivity contribution in [3.05, 3.63) is 0 Å². The molecule has 0 aromatic carbocycles. The minimum atomic E-state index is 1.01. The first-order valence-electron chi connectivity index (χ1n) is 5.27. The normalized spacial score (nSPS) is 37.8. The molecule has 0 bridgehead atoms. The smallest absolute Gasteiger partial charge is 0.0107 e. The molecule has 2 nitrogen and oxygen atoms in total. The molecule has 2 fully saturated rings. The van der Waals surface area contributed by atoms with Crippen molar-refractivity contribution < 1.29 is 0 Å². The first-order valence-corrected chi connectivity index (χ1v) is 5.27. The minimum absolute atomic E-state index is 1.01. The van der Waals surface area contributed by atoms with Crippen LogP contribution < -0.4 is 5.32 Å². The highest BCUT2D eigenvalue weighted by Gasteiger charge is 2.27. The fraction of sp³-hybridized carbons (Fsp3) is 1.00. The van der Waals surface area contributed by atoms with E-state index in [0.29, 0.717) is 0 Å². The van der Waals surface area contributed by atoms with Crippen molar-refractivity contribution in [3.63, 3.8) is 0 Å². The third kappa shape index (κ3) is 1.99. The molecule has 0 aromatic heterocycles. The fourth-order valence-electron chi connectivity index (χ4n) is 2.48. The van der Waals surface area contributed by atoms with Gasteiger partial charge in [0.05, 0.1) is 0 Å². The van der Waals surface area contributed by atoms with Crippen LogP contribution in [0.5, 0.6) is 0 Å². The Balaban J connectivity index is 1.65. The van der Waals surface area contributed by atoms with Gasteiger partial charge < -0.3 is 10.2 Å². The zero-order valence-corrected chi connectivity index (χ0v) is 8.05. The predicted molar refractivity (Wildman–Crippen MR) is 51.2 cm³/mol. The molecule has 0 atom stereocenters. The standard InChI is InChI=1S/C10H20N2/c1-9-6-10(7-9)8-12-4-2-11-3-5-12/h9-11H,2-8H2,1H3. The zero-order chi connectivity index (χ0) is 8.39. The van der Waals surface area contributed by atoms with Crippen molar-refractivity contribution in [3.8, 4) is 0 Å². The Labute approximate surface area is 75.3 Å². The van der Waals surface area contributed by atoms with Crippen molar-refractivity contribution in [2.75, 3.05) is 32.7 Å². The maximum Gasteiger partial charge on any atom is 0.0107 e. The van der Waals surface area contributed by atoms with Crippen LogP contribution in [0.3, 0.4) is 0 Å². The molecule has 0 unspecified atom stereocenters. The average molecular weight is 168 g/mol. The van der Waals surface area contributed by atoms with Gasteiger partial charge in [-0.1, -0.05) is 6.92 Å². The second-order valence-electron chi connectivity index (χ2n) is 4.49. The number of piperazine rings is 1. The van der Waals surface area contributed by atoms with Crippen LogP contribution in [0.1, 0.15) is 19.8 Å². The number of rotatable bonds is 2. The highest BCUT2D eigenvalue weighted by atomic mass is 15.2. The quantitative estimate of drug-likeness (QED) is 0.660. The van der Waals surface area contributed by atoms with Gasteiger partial charge in [-0.15, -0.1) is 0 Å². The summed E-state index contributed by atoms with van der Waals surface area (Å²) in [6, 6.07) is 0. The second-order valence-corrected chi connectivity index (χ2v) is 4.49. The van der Waals surface area contributed by atoms with Crippen molar-refractivity contribution >= 4 is 0 Å². The summed E-state index contributed by atoms with van der Waals surface area (Å²) in [4.78, 5) is 2.62. The molecule has 1 heterocycles. The summed E-state index contributed by atoms with van der Waals surface area (Å²) < 4.78 is 0. The lowest BCUT2D eigenvalue weighted by Crippen LogP contribution is -2.46. The molecule has 0 spiro atoms. The molecule has 2 heteroatoms. The summed E-state index contributed by atoms with van der Waals surface area (Å²) in [5.41, 5.74) is 0. The van der Waals surface area contributed by atoms with Gasteiger partial charge in [0.2, 0.25) is 0 Å². The summed E-state index contributed by atoms with van der Waals surface area (Å²) in [5.74, 6) is 2.04. The van der Waals surface area contributed by atoms with Gasteiger partial charge >= 0.3 is 0 Å². The van der Waals surface area contributed by atoms with E-state index in [2.05, 4.69) is 17.1 Å². The van der Waals surface area contributed by atoms with Crippen LogP contribution in [-0.2, 0) is 0 Å². The van der Waals surface area contributed by atoms with Crippen LogP contribution in [0.15, 0.2) is 0 Å². The SMILES string of the molecule is CC1CC(CN2CCNCC2)C1. The maximum atomic E-state index is 3.39. The summed E-state index contributed by atoms with van der Waals surface area (Å²) in [6.45, 7) is 8.67. The van der Waals surface area contributed by atoms with E-state index >= 15 is 0 Å². The molecule has 1 aliphatic heterocycles. The highest BCUT2D eigenvalue weighted by molar-refractivity contribution is 4.80. The topological polar surface area (TPSA) is 15.3 Å². The van der Waals surface area contributed by atoms with Gasteiger partial charge in [0.15, 0.2) is 0 Å². The van der Waals surface area contributed by atoms with Gasteiger partial charge in [-0.25, -0.2) is 0 Å². The van der Waals surface area contributed by atoms with Crippen LogP contribution in [0.4, 0.5) is 0 Å². The van der Waals surface area contributed by atoms with Crippen LogP contribution >= 0.6 is 0 Å². The maximum absolute atomic E-state index is 3.39. The predicted octanol–water partition coefficient (Wildman–Crippen LogP) is 0.938. The van der Waals surface area contributed by atoms with Crippen molar-refractivity contribution in [2.45, 2.75) is 19.8 Å². The largest absolute Gasteiger partial charge is 0.314 e. The van der Waals surface area contributed by atoms with E-state index in [4.69, 9.17) is 0 Å². The lowest BCUT2D eigenvalue weighted by atomic mass is 9.76. The molecular formula is C10H20N2. The van der Waals surface area contributed by atoms with E-state index in [1.54, 1.807) is 0 Å². The van der Waals surface area contributed by atoms with E-state index in [1.165, 1.54) is 45.6 Å². The van der Waals surface area contributed by atoms with Gasteiger partial charge in [0.25, 0.3) is 0 Å². The van der Waals surface area contributed by atoms with Crippen molar-refractivity contribution in [1.82, 2.24) is 10.2 Å². The minimum Gasteiger partial charge on any atom is -0.314 e. The molecule has 1 aliphatic carbocycles. The third-order valence-corrected chi connectivity index (χ3v) is 3.20. The van der Waals surface area contributed by atoms with Gasteiger partial charge in [-0.2, -0.15) is 0 Å². The molecule has 12 heavy (non-hydrogen) atoms. The first kappa shape index (κ1) is 8.52. The molecule has 1 saturated heterocycles. The molecule has 0 amide bonds. The van der Waals surface area contributed by atoms with E-state index in [0.717, 1.165) is 11.8 Å². The molecule has 1 saturated carbocycles. The Bertz CT molecular complexity index is 135. The van der Waals surface area contributed by atoms with E-state index < -0.39 is 0 Å². The Kier molecular flexibility index (Phi) is 2.66. The van der Waals surface area contributed by atoms with Crippen molar-refractivity contribution in [1.29, 1.82) is 0 Å². The second kappa shape index (κ2) is 3.75. The number of nitrogens with one attached hydrogen (secondary N) is 1. The van der Waals surface area contributed by atoms with Crippen molar-refractivity contribution in [2.24, 2.45) is 11.8 Å². The van der Waals surface area contributed by atoms with E-state index in [-0.39, 0.29) is 0 Å². The average Bonchev–Trinajstić information content (AvgIpc) is 2.04. The van der Waals surface area contributed by atoms with E-state index in [1.807, 2.05) is 0 Å². The van der Waals surface area contributed by atoms with Crippen LogP contribution in [-0.4, -0.2) is 37.6 Å². The summed E-state index contributed by atoms with van der Waals surface area (Å²) in [7, 11) is 0. The number of hydrogen-bond donors (Lipinski definition) is 1. The van der Waals surface area contributed by atoms with Gasteiger partial charge in [-0.05, 0) is 24.7 Å². The monoisotopic (exact) mass is 168 g/mol. The van der Waals surface area contributed by atoms with Crippen LogP contribution in [0.25, 0.3) is 0 Å². The molecule has 0 radical (unpaired) electrons. The summed E-state index contributed by atoms with van der Waals surface area (Å²) >= 11 is 0. The lowest BCUT2D eigenvalue weighted by molar-refractivity contribution is 0.125. The van der Waals surface area contributed by atoms with Crippen LogP contribution in [0.2, 0.25) is 0 Å². The van der Waals surface area contributed by atoms with Gasteiger partial charge in [0.1, 0.15) is 0 Å². The summed E-state index contributed by atoms with van der Waals surface area (Å²) in [5, 5.41) is 3.39. The third-order valence-electron chi connectivity index (χ3n) is 3.20. The number of nitrogens with zero attached hydrogens (tertiary/aromatic N) is 1. The molecular weight excluding hydrogens is 148 g/mol. The zero-order valence-electron chi connectivity index (χ0n) is 8.05.